The summed E-state index contributed by atoms with van der Waals surface area (Å²) < 4.78 is 0.472. The second kappa shape index (κ2) is 9.86. The van der Waals surface area contributed by atoms with Crippen LogP contribution in [0, 0.1) is 5.92 Å². The van der Waals surface area contributed by atoms with Crippen molar-refractivity contribution in [3.63, 3.8) is 0 Å². The van der Waals surface area contributed by atoms with E-state index >= 15 is 0 Å². The maximum atomic E-state index is 10.0. The van der Waals surface area contributed by atoms with E-state index < -0.39 is 0 Å². The molecule has 24 heavy (non-hydrogen) atoms. The van der Waals surface area contributed by atoms with Gasteiger partial charge in [-0.3, -0.25) is 4.99 Å². The highest BCUT2D eigenvalue weighted by atomic mass is 127. The van der Waals surface area contributed by atoms with Crippen LogP contribution >= 0.6 is 35.7 Å². The molecule has 2 atom stereocenters. The van der Waals surface area contributed by atoms with E-state index in [2.05, 4.69) is 28.9 Å². The number of hydrogen-bond acceptors (Lipinski definition) is 3. The van der Waals surface area contributed by atoms with Crippen LogP contribution in [0.3, 0.4) is 0 Å². The third kappa shape index (κ3) is 5.16. The normalized spacial score (nSPS) is 30.2. The number of nitrogens with one attached hydrogen (secondary N) is 1. The van der Waals surface area contributed by atoms with E-state index in [1.807, 2.05) is 0 Å². The van der Waals surface area contributed by atoms with Gasteiger partial charge >= 0.3 is 0 Å². The van der Waals surface area contributed by atoms with Gasteiger partial charge in [0.15, 0.2) is 5.96 Å². The van der Waals surface area contributed by atoms with Gasteiger partial charge in [-0.15, -0.1) is 24.0 Å². The van der Waals surface area contributed by atoms with Gasteiger partial charge in [0, 0.05) is 42.6 Å². The van der Waals surface area contributed by atoms with Crippen molar-refractivity contribution >= 4 is 41.7 Å². The molecular formula is C18H34IN3OS. The number of halogens is 1. The first-order valence-corrected chi connectivity index (χ1v) is 10.6. The van der Waals surface area contributed by atoms with E-state index in [0.717, 1.165) is 51.4 Å². The van der Waals surface area contributed by atoms with Gasteiger partial charge in [0.1, 0.15) is 0 Å². The number of hydrogen-bond donors (Lipinski definition) is 2. The van der Waals surface area contributed by atoms with Gasteiger partial charge in [0.25, 0.3) is 0 Å². The van der Waals surface area contributed by atoms with E-state index in [1.165, 1.54) is 37.9 Å². The first-order chi connectivity index (χ1) is 11.2. The minimum Gasteiger partial charge on any atom is -0.393 e. The molecule has 2 saturated carbocycles. The van der Waals surface area contributed by atoms with E-state index in [4.69, 9.17) is 4.99 Å². The predicted molar refractivity (Wildman–Crippen MR) is 115 cm³/mol. The Hall–Kier alpha value is 0.310. The molecule has 1 saturated heterocycles. The van der Waals surface area contributed by atoms with Crippen LogP contribution in [-0.2, 0) is 0 Å². The summed E-state index contributed by atoms with van der Waals surface area (Å²) in [6.45, 7) is 6.10. The molecule has 0 amide bonds. The van der Waals surface area contributed by atoms with Crippen molar-refractivity contribution in [1.29, 1.82) is 0 Å². The van der Waals surface area contributed by atoms with Gasteiger partial charge in [-0.05, 0) is 32.6 Å². The van der Waals surface area contributed by atoms with Crippen LogP contribution in [0.5, 0.6) is 0 Å². The van der Waals surface area contributed by atoms with Crippen molar-refractivity contribution in [1.82, 2.24) is 10.2 Å². The smallest absolute Gasteiger partial charge is 0.193 e. The molecule has 1 spiro atoms. The topological polar surface area (TPSA) is 47.9 Å². The van der Waals surface area contributed by atoms with Gasteiger partial charge in [-0.2, -0.15) is 11.8 Å². The van der Waals surface area contributed by atoms with Crippen molar-refractivity contribution in [3.05, 3.63) is 0 Å². The number of aliphatic hydroxyl groups excluding tert-OH is 1. The lowest BCUT2D eigenvalue weighted by Gasteiger charge is -2.45. The summed E-state index contributed by atoms with van der Waals surface area (Å²) in [6.07, 6.45) is 10.0. The maximum absolute atomic E-state index is 10.0. The fraction of sp³-hybridized carbons (Fsp3) is 0.944. The summed E-state index contributed by atoms with van der Waals surface area (Å²) in [5.41, 5.74) is 0. The zero-order valence-electron chi connectivity index (χ0n) is 15.0. The van der Waals surface area contributed by atoms with Gasteiger partial charge in [-0.1, -0.05) is 25.7 Å². The summed E-state index contributed by atoms with van der Waals surface area (Å²) in [7, 11) is 0. The fourth-order valence-corrected chi connectivity index (χ4v) is 5.95. The average Bonchev–Trinajstić information content (AvgIpc) is 2.97. The minimum absolute atomic E-state index is 0. The maximum Gasteiger partial charge on any atom is 0.193 e. The van der Waals surface area contributed by atoms with E-state index in [0.29, 0.717) is 10.7 Å². The third-order valence-electron chi connectivity index (χ3n) is 5.74. The van der Waals surface area contributed by atoms with Gasteiger partial charge in [0.2, 0.25) is 0 Å². The quantitative estimate of drug-likeness (QED) is 0.379. The second-order valence-electron chi connectivity index (χ2n) is 7.47. The first kappa shape index (κ1) is 20.6. The average molecular weight is 467 g/mol. The SMILES string of the molecule is CCNC(=NCC1CCCC1O)N1CCSC2(CCCCC2)C1.I. The van der Waals surface area contributed by atoms with Crippen molar-refractivity contribution in [3.8, 4) is 0 Å². The molecule has 3 fully saturated rings. The molecule has 3 aliphatic rings. The zero-order valence-corrected chi connectivity index (χ0v) is 18.2. The molecule has 2 N–H and O–H groups in total. The molecule has 0 aromatic rings. The van der Waals surface area contributed by atoms with Gasteiger partial charge in [0.05, 0.1) is 6.10 Å². The van der Waals surface area contributed by atoms with Crippen LogP contribution in [0.2, 0.25) is 0 Å². The zero-order chi connectivity index (χ0) is 16.1. The molecule has 3 rings (SSSR count). The molecule has 140 valence electrons. The van der Waals surface area contributed by atoms with Crippen LogP contribution < -0.4 is 5.32 Å². The summed E-state index contributed by atoms with van der Waals surface area (Å²) >= 11 is 2.21. The van der Waals surface area contributed by atoms with Crippen LogP contribution in [0.25, 0.3) is 0 Å². The lowest BCUT2D eigenvalue weighted by atomic mass is 9.87. The number of guanidine groups is 1. The predicted octanol–water partition coefficient (Wildman–Crippen LogP) is 3.48. The minimum atomic E-state index is -0.136. The standard InChI is InChI=1S/C18H33N3OS.HI/c1-2-19-17(20-13-15-7-6-8-16(15)22)21-11-12-23-18(14-21)9-4-3-5-10-18;/h15-16,22H,2-14H2,1H3,(H,19,20);1H. The Balaban J connectivity index is 0.00000208. The van der Waals surface area contributed by atoms with Crippen LogP contribution in [0.15, 0.2) is 4.99 Å². The molecule has 1 aliphatic heterocycles. The molecule has 1 heterocycles. The summed E-state index contributed by atoms with van der Waals surface area (Å²) in [4.78, 5) is 7.40. The third-order valence-corrected chi connectivity index (χ3v) is 7.28. The van der Waals surface area contributed by atoms with Gasteiger partial charge in [-0.25, -0.2) is 0 Å². The lowest BCUT2D eigenvalue weighted by Crippen LogP contribution is -2.53. The van der Waals surface area contributed by atoms with Crippen molar-refractivity contribution in [2.45, 2.75) is 69.1 Å². The number of thioether (sulfide) groups is 1. The van der Waals surface area contributed by atoms with E-state index in [-0.39, 0.29) is 30.1 Å². The molecular weight excluding hydrogens is 433 g/mol. The monoisotopic (exact) mass is 467 g/mol. The Morgan fingerprint density at radius 3 is 2.71 bits per heavy atom. The van der Waals surface area contributed by atoms with Crippen LogP contribution in [0.1, 0.15) is 58.3 Å². The molecule has 2 aliphatic carbocycles. The number of rotatable bonds is 3. The van der Waals surface area contributed by atoms with Crippen molar-refractivity contribution in [2.24, 2.45) is 10.9 Å². The fourth-order valence-electron chi connectivity index (χ4n) is 4.38. The largest absolute Gasteiger partial charge is 0.393 e. The summed E-state index contributed by atoms with van der Waals surface area (Å²) in [5, 5.41) is 13.5. The Labute approximate surface area is 168 Å². The molecule has 0 bridgehead atoms. The Morgan fingerprint density at radius 1 is 1.25 bits per heavy atom. The molecule has 0 radical (unpaired) electrons. The Morgan fingerprint density at radius 2 is 2.04 bits per heavy atom. The molecule has 0 aromatic carbocycles. The highest BCUT2D eigenvalue weighted by Gasteiger charge is 2.38. The highest BCUT2D eigenvalue weighted by Crippen LogP contribution is 2.42. The van der Waals surface area contributed by atoms with Gasteiger partial charge < -0.3 is 15.3 Å². The number of aliphatic hydroxyl groups is 1. The number of nitrogens with zero attached hydrogens (tertiary/aromatic N) is 2. The molecule has 6 heteroatoms. The highest BCUT2D eigenvalue weighted by molar-refractivity contribution is 14.0. The summed E-state index contributed by atoms with van der Waals surface area (Å²) in [6, 6.07) is 0. The van der Waals surface area contributed by atoms with Crippen LogP contribution in [0.4, 0.5) is 0 Å². The molecule has 0 aromatic heterocycles. The number of aliphatic imine (C=N–C) groups is 1. The Bertz CT molecular complexity index is 410. The van der Waals surface area contributed by atoms with E-state index in [1.54, 1.807) is 0 Å². The molecule has 4 nitrogen and oxygen atoms in total. The second-order valence-corrected chi connectivity index (χ2v) is 9.03. The van der Waals surface area contributed by atoms with Crippen molar-refractivity contribution in [2.75, 3.05) is 31.9 Å². The van der Waals surface area contributed by atoms with Crippen molar-refractivity contribution < 1.29 is 5.11 Å². The van der Waals surface area contributed by atoms with E-state index in [9.17, 15) is 5.11 Å². The first-order valence-electron chi connectivity index (χ1n) is 9.58. The lowest BCUT2D eigenvalue weighted by molar-refractivity contribution is 0.136. The van der Waals surface area contributed by atoms with Crippen LogP contribution in [-0.4, -0.2) is 58.7 Å². The summed E-state index contributed by atoms with van der Waals surface area (Å²) in [5.74, 6) is 2.67. The Kier molecular flexibility index (Phi) is 8.47. The molecule has 2 unspecified atom stereocenters.